The highest BCUT2D eigenvalue weighted by Gasteiger charge is 2.25. The highest BCUT2D eigenvalue weighted by molar-refractivity contribution is 5.85. The van der Waals surface area contributed by atoms with Crippen LogP contribution in [-0.2, 0) is 9.53 Å². The van der Waals surface area contributed by atoms with E-state index in [4.69, 9.17) is 4.74 Å². The average Bonchev–Trinajstić information content (AvgIpc) is 2.42. The van der Waals surface area contributed by atoms with Crippen molar-refractivity contribution in [3.63, 3.8) is 0 Å². The topological polar surface area (TPSA) is 46.5 Å². The van der Waals surface area contributed by atoms with Gasteiger partial charge >= 0.3 is 5.97 Å². The molecule has 3 nitrogen and oxygen atoms in total. The summed E-state index contributed by atoms with van der Waals surface area (Å²) in [4.78, 5) is 10.9. The number of hydrogen-bond acceptors (Lipinski definition) is 3. The zero-order valence-electron chi connectivity index (χ0n) is 8.62. The molecule has 1 heterocycles. The number of rotatable bonds is 4. The van der Waals surface area contributed by atoms with Gasteiger partial charge in [0, 0.05) is 6.08 Å². The predicted octanol–water partition coefficient (Wildman–Crippen LogP) is 1.58. The number of carbonyl (C=O) groups is 1. The van der Waals surface area contributed by atoms with Crippen LogP contribution in [0.1, 0.15) is 26.7 Å². The first-order valence-electron chi connectivity index (χ1n) is 4.69. The summed E-state index contributed by atoms with van der Waals surface area (Å²) in [6, 6.07) is 0. The van der Waals surface area contributed by atoms with E-state index in [-0.39, 0.29) is 12.1 Å². The number of ether oxygens (including phenoxy) is 1. The van der Waals surface area contributed by atoms with Crippen molar-refractivity contribution >= 4 is 5.97 Å². The van der Waals surface area contributed by atoms with Gasteiger partial charge in [0.15, 0.2) is 0 Å². The van der Waals surface area contributed by atoms with Gasteiger partial charge < -0.3 is 9.84 Å². The lowest BCUT2D eigenvalue weighted by Gasteiger charge is -2.20. The summed E-state index contributed by atoms with van der Waals surface area (Å²) in [5, 5.41) is 9.66. The van der Waals surface area contributed by atoms with Crippen LogP contribution in [0, 0.1) is 0 Å². The standard InChI is InChI=1S/C11H16O3/c1-4-11(3,13)6-5-9-8(2)7-10(12)14-9/h4,7,9,13H,1,5-6H2,2-3H3. The smallest absolute Gasteiger partial charge is 0.331 e. The fourth-order valence-electron chi connectivity index (χ4n) is 1.36. The molecule has 1 aliphatic rings. The van der Waals surface area contributed by atoms with Crippen molar-refractivity contribution in [2.45, 2.75) is 38.4 Å². The zero-order chi connectivity index (χ0) is 10.8. The summed E-state index contributed by atoms with van der Waals surface area (Å²) in [7, 11) is 0. The minimum atomic E-state index is -0.880. The lowest BCUT2D eigenvalue weighted by atomic mass is 9.96. The van der Waals surface area contributed by atoms with Gasteiger partial charge in [0.1, 0.15) is 6.10 Å². The Labute approximate surface area is 84.1 Å². The van der Waals surface area contributed by atoms with E-state index in [2.05, 4.69) is 6.58 Å². The molecule has 0 amide bonds. The van der Waals surface area contributed by atoms with Crippen molar-refractivity contribution in [3.05, 3.63) is 24.3 Å². The van der Waals surface area contributed by atoms with Gasteiger partial charge in [-0.05, 0) is 32.3 Å². The Kier molecular flexibility index (Phi) is 3.11. The van der Waals surface area contributed by atoms with Gasteiger partial charge in [0.25, 0.3) is 0 Å². The molecule has 0 radical (unpaired) electrons. The summed E-state index contributed by atoms with van der Waals surface area (Å²) in [5.74, 6) is -0.286. The van der Waals surface area contributed by atoms with Crippen LogP contribution in [0.15, 0.2) is 24.3 Å². The number of aliphatic hydroxyl groups is 1. The van der Waals surface area contributed by atoms with Crippen molar-refractivity contribution in [1.29, 1.82) is 0 Å². The normalized spacial score (nSPS) is 25.2. The molecule has 14 heavy (non-hydrogen) atoms. The Morgan fingerprint density at radius 2 is 2.43 bits per heavy atom. The van der Waals surface area contributed by atoms with E-state index in [1.54, 1.807) is 6.92 Å². The van der Waals surface area contributed by atoms with Gasteiger partial charge in [0.05, 0.1) is 5.60 Å². The van der Waals surface area contributed by atoms with Crippen molar-refractivity contribution < 1.29 is 14.6 Å². The Morgan fingerprint density at radius 3 is 2.86 bits per heavy atom. The zero-order valence-corrected chi connectivity index (χ0v) is 8.62. The summed E-state index contributed by atoms with van der Waals surface area (Å²) in [5.41, 5.74) is 0.0461. The van der Waals surface area contributed by atoms with Gasteiger partial charge in [-0.25, -0.2) is 4.79 Å². The molecular formula is C11H16O3. The molecule has 1 aliphatic heterocycles. The largest absolute Gasteiger partial charge is 0.455 e. The molecule has 0 aromatic heterocycles. The van der Waals surface area contributed by atoms with Crippen molar-refractivity contribution in [3.8, 4) is 0 Å². The molecule has 2 unspecified atom stereocenters. The average molecular weight is 196 g/mol. The minimum absolute atomic E-state index is 0.172. The van der Waals surface area contributed by atoms with E-state index >= 15 is 0 Å². The van der Waals surface area contributed by atoms with E-state index in [1.807, 2.05) is 6.92 Å². The van der Waals surface area contributed by atoms with Crippen molar-refractivity contribution in [2.75, 3.05) is 0 Å². The Bertz CT molecular complexity index is 276. The van der Waals surface area contributed by atoms with Gasteiger partial charge in [0.2, 0.25) is 0 Å². The summed E-state index contributed by atoms with van der Waals surface area (Å²) < 4.78 is 5.04. The Balaban J connectivity index is 2.44. The fraction of sp³-hybridized carbons (Fsp3) is 0.545. The molecule has 0 aliphatic carbocycles. The van der Waals surface area contributed by atoms with Gasteiger partial charge in [-0.2, -0.15) is 0 Å². The number of cyclic esters (lactones) is 1. The molecule has 0 fully saturated rings. The summed E-state index contributed by atoms with van der Waals surface area (Å²) in [6.45, 7) is 7.09. The van der Waals surface area contributed by atoms with Crippen LogP contribution in [-0.4, -0.2) is 22.8 Å². The lowest BCUT2D eigenvalue weighted by Crippen LogP contribution is -2.23. The van der Waals surface area contributed by atoms with Crippen LogP contribution in [0.4, 0.5) is 0 Å². The first-order valence-corrected chi connectivity index (χ1v) is 4.69. The second-order valence-electron chi connectivity index (χ2n) is 3.91. The molecule has 1 N–H and O–H groups in total. The van der Waals surface area contributed by atoms with Crippen LogP contribution in [0.25, 0.3) is 0 Å². The highest BCUT2D eigenvalue weighted by atomic mass is 16.5. The first-order chi connectivity index (χ1) is 6.44. The molecule has 0 saturated heterocycles. The molecule has 2 atom stereocenters. The third-order valence-electron chi connectivity index (χ3n) is 2.46. The van der Waals surface area contributed by atoms with Crippen LogP contribution >= 0.6 is 0 Å². The van der Waals surface area contributed by atoms with Crippen LogP contribution in [0.2, 0.25) is 0 Å². The molecule has 78 valence electrons. The second-order valence-corrected chi connectivity index (χ2v) is 3.91. The monoisotopic (exact) mass is 196 g/mol. The third-order valence-corrected chi connectivity index (χ3v) is 2.46. The van der Waals surface area contributed by atoms with E-state index < -0.39 is 5.60 Å². The Hall–Kier alpha value is -1.09. The summed E-state index contributed by atoms with van der Waals surface area (Å²) in [6.07, 6.45) is 4.00. The van der Waals surface area contributed by atoms with Crippen LogP contribution in [0.3, 0.4) is 0 Å². The molecule has 0 bridgehead atoms. The Morgan fingerprint density at radius 1 is 1.79 bits per heavy atom. The van der Waals surface area contributed by atoms with E-state index in [1.165, 1.54) is 12.2 Å². The molecule has 0 aromatic carbocycles. The minimum Gasteiger partial charge on any atom is -0.455 e. The lowest BCUT2D eigenvalue weighted by molar-refractivity contribution is -0.139. The molecule has 0 saturated carbocycles. The molecule has 3 heteroatoms. The van der Waals surface area contributed by atoms with Gasteiger partial charge in [-0.3, -0.25) is 0 Å². The molecule has 1 rings (SSSR count). The van der Waals surface area contributed by atoms with E-state index in [0.29, 0.717) is 12.8 Å². The first kappa shape index (κ1) is 11.0. The van der Waals surface area contributed by atoms with Crippen LogP contribution < -0.4 is 0 Å². The maximum Gasteiger partial charge on any atom is 0.331 e. The fourth-order valence-corrected chi connectivity index (χ4v) is 1.36. The van der Waals surface area contributed by atoms with Crippen molar-refractivity contribution in [1.82, 2.24) is 0 Å². The summed E-state index contributed by atoms with van der Waals surface area (Å²) >= 11 is 0. The highest BCUT2D eigenvalue weighted by Crippen LogP contribution is 2.23. The second kappa shape index (κ2) is 3.96. The number of carbonyl (C=O) groups excluding carboxylic acids is 1. The SMILES string of the molecule is C=CC(C)(O)CCC1OC(=O)C=C1C. The number of esters is 1. The predicted molar refractivity (Wildman–Crippen MR) is 53.7 cm³/mol. The maximum atomic E-state index is 10.9. The molecule has 0 aromatic rings. The third kappa shape index (κ3) is 2.70. The molecule has 0 spiro atoms. The van der Waals surface area contributed by atoms with Gasteiger partial charge in [-0.1, -0.05) is 6.08 Å². The quantitative estimate of drug-likeness (QED) is 0.548. The van der Waals surface area contributed by atoms with E-state index in [9.17, 15) is 9.90 Å². The van der Waals surface area contributed by atoms with E-state index in [0.717, 1.165) is 5.57 Å². The van der Waals surface area contributed by atoms with Gasteiger partial charge in [-0.15, -0.1) is 6.58 Å². The number of hydrogen-bond donors (Lipinski definition) is 1. The van der Waals surface area contributed by atoms with Crippen molar-refractivity contribution in [2.24, 2.45) is 0 Å². The molecular weight excluding hydrogens is 180 g/mol. The maximum absolute atomic E-state index is 10.9. The van der Waals surface area contributed by atoms with Crippen LogP contribution in [0.5, 0.6) is 0 Å².